The molecule has 0 amide bonds. The first-order chi connectivity index (χ1) is 6.22. The van der Waals surface area contributed by atoms with Crippen LogP contribution in [0.5, 0.6) is 0 Å². The van der Waals surface area contributed by atoms with Crippen molar-refractivity contribution in [2.24, 2.45) is 0 Å². The van der Waals surface area contributed by atoms with Crippen LogP contribution in [-0.2, 0) is 9.53 Å². The summed E-state index contributed by atoms with van der Waals surface area (Å²) in [5.74, 6) is -0.871. The fourth-order valence-electron chi connectivity index (χ4n) is 0.966. The van der Waals surface area contributed by atoms with E-state index in [9.17, 15) is 4.79 Å². The molecule has 0 heterocycles. The predicted octanol–water partition coefficient (Wildman–Crippen LogP) is 2.57. The number of carbonyl (C=O) groups is 1. The van der Waals surface area contributed by atoms with E-state index >= 15 is 0 Å². The van der Waals surface area contributed by atoms with Crippen LogP contribution in [0.15, 0.2) is 11.8 Å². The molecule has 0 rings (SSSR count). The minimum absolute atomic E-state index is 0.371. The molecule has 76 valence electrons. The smallest absolute Gasteiger partial charge is 0.334 e. The normalized spacial score (nSPS) is 11.4. The van der Waals surface area contributed by atoms with Gasteiger partial charge in [0, 0.05) is 0 Å². The van der Waals surface area contributed by atoms with Gasteiger partial charge in [0.05, 0.1) is 18.4 Å². The summed E-state index contributed by atoms with van der Waals surface area (Å²) in [4.78, 5) is 10.7. The SMILES string of the molecule is CCCCCC(=COCC)C(=O)O. The van der Waals surface area contributed by atoms with E-state index < -0.39 is 5.97 Å². The molecule has 3 heteroatoms. The molecule has 0 aliphatic carbocycles. The van der Waals surface area contributed by atoms with Gasteiger partial charge in [-0.2, -0.15) is 0 Å². The van der Waals surface area contributed by atoms with Crippen LogP contribution >= 0.6 is 0 Å². The minimum atomic E-state index is -0.871. The van der Waals surface area contributed by atoms with Gasteiger partial charge in [0.2, 0.25) is 0 Å². The number of rotatable bonds is 7. The molecular formula is C10H18O3. The fraction of sp³-hybridized carbons (Fsp3) is 0.700. The second-order valence-electron chi connectivity index (χ2n) is 2.86. The molecule has 0 saturated heterocycles. The summed E-state index contributed by atoms with van der Waals surface area (Å²) in [6.07, 6.45) is 5.04. The van der Waals surface area contributed by atoms with Crippen molar-refractivity contribution < 1.29 is 14.6 Å². The zero-order valence-electron chi connectivity index (χ0n) is 8.38. The van der Waals surface area contributed by atoms with E-state index in [0.717, 1.165) is 19.3 Å². The Morgan fingerprint density at radius 3 is 2.54 bits per heavy atom. The lowest BCUT2D eigenvalue weighted by Gasteiger charge is -2.01. The average molecular weight is 186 g/mol. The Kier molecular flexibility index (Phi) is 7.07. The van der Waals surface area contributed by atoms with Crippen molar-refractivity contribution in [2.75, 3.05) is 6.61 Å². The van der Waals surface area contributed by atoms with Gasteiger partial charge in [-0.05, 0) is 19.8 Å². The van der Waals surface area contributed by atoms with Crippen molar-refractivity contribution in [3.05, 3.63) is 11.8 Å². The van der Waals surface area contributed by atoms with Crippen LogP contribution < -0.4 is 0 Å². The molecule has 0 bridgehead atoms. The standard InChI is InChI=1S/C10H18O3/c1-3-5-6-7-9(10(11)12)8-13-4-2/h8H,3-7H2,1-2H3,(H,11,12). The van der Waals surface area contributed by atoms with E-state index in [1.165, 1.54) is 6.26 Å². The first-order valence-electron chi connectivity index (χ1n) is 4.76. The molecule has 1 N–H and O–H groups in total. The lowest BCUT2D eigenvalue weighted by molar-refractivity contribution is -0.133. The highest BCUT2D eigenvalue weighted by atomic mass is 16.5. The molecule has 0 aromatic carbocycles. The number of carboxylic acid groups (broad SMARTS) is 1. The van der Waals surface area contributed by atoms with Crippen LogP contribution in [0.1, 0.15) is 39.5 Å². The molecule has 3 nitrogen and oxygen atoms in total. The summed E-state index contributed by atoms with van der Waals surface area (Å²) < 4.78 is 4.94. The maximum atomic E-state index is 10.7. The van der Waals surface area contributed by atoms with Gasteiger partial charge in [0.1, 0.15) is 0 Å². The maximum absolute atomic E-state index is 10.7. The topological polar surface area (TPSA) is 46.5 Å². The van der Waals surface area contributed by atoms with Crippen molar-refractivity contribution in [1.82, 2.24) is 0 Å². The number of hydrogen-bond donors (Lipinski definition) is 1. The third-order valence-electron chi connectivity index (χ3n) is 1.72. The molecule has 0 aliphatic heterocycles. The van der Waals surface area contributed by atoms with E-state index in [1.807, 2.05) is 6.92 Å². The number of hydrogen-bond acceptors (Lipinski definition) is 2. The van der Waals surface area contributed by atoms with Gasteiger partial charge >= 0.3 is 5.97 Å². The van der Waals surface area contributed by atoms with Crippen LogP contribution in [0.4, 0.5) is 0 Å². The summed E-state index contributed by atoms with van der Waals surface area (Å²) in [6.45, 7) is 4.44. The van der Waals surface area contributed by atoms with Crippen molar-refractivity contribution in [3.63, 3.8) is 0 Å². The van der Waals surface area contributed by atoms with Crippen molar-refractivity contribution in [2.45, 2.75) is 39.5 Å². The summed E-state index contributed by atoms with van der Waals surface area (Å²) >= 11 is 0. The Hall–Kier alpha value is -0.990. The van der Waals surface area contributed by atoms with E-state index in [-0.39, 0.29) is 0 Å². The molecule has 13 heavy (non-hydrogen) atoms. The first kappa shape index (κ1) is 12.0. The first-order valence-corrected chi connectivity index (χ1v) is 4.76. The molecule has 0 radical (unpaired) electrons. The molecule has 0 aromatic rings. The molecule has 0 fully saturated rings. The van der Waals surface area contributed by atoms with Crippen LogP contribution in [0.3, 0.4) is 0 Å². The number of carboxylic acids is 1. The van der Waals surface area contributed by atoms with Gasteiger partial charge in [0.25, 0.3) is 0 Å². The van der Waals surface area contributed by atoms with E-state index in [0.29, 0.717) is 18.6 Å². The Balaban J connectivity index is 3.87. The highest BCUT2D eigenvalue weighted by molar-refractivity contribution is 5.86. The summed E-state index contributed by atoms with van der Waals surface area (Å²) in [6, 6.07) is 0. The van der Waals surface area contributed by atoms with Gasteiger partial charge in [-0.25, -0.2) is 4.79 Å². The van der Waals surface area contributed by atoms with Crippen LogP contribution in [0, 0.1) is 0 Å². The molecule has 0 aliphatic rings. The van der Waals surface area contributed by atoms with Gasteiger partial charge in [-0.1, -0.05) is 19.8 Å². The molecule has 0 atom stereocenters. The summed E-state index contributed by atoms with van der Waals surface area (Å²) in [5, 5.41) is 8.75. The zero-order chi connectivity index (χ0) is 10.1. The third-order valence-corrected chi connectivity index (χ3v) is 1.72. The minimum Gasteiger partial charge on any atom is -0.501 e. The number of ether oxygens (including phenoxy) is 1. The van der Waals surface area contributed by atoms with Gasteiger partial charge < -0.3 is 9.84 Å². The Morgan fingerprint density at radius 1 is 1.38 bits per heavy atom. The molecule has 0 unspecified atom stereocenters. The lowest BCUT2D eigenvalue weighted by atomic mass is 10.1. The quantitative estimate of drug-likeness (QED) is 0.377. The van der Waals surface area contributed by atoms with Crippen molar-refractivity contribution in [1.29, 1.82) is 0 Å². The number of unbranched alkanes of at least 4 members (excludes halogenated alkanes) is 2. The fourth-order valence-corrected chi connectivity index (χ4v) is 0.966. The maximum Gasteiger partial charge on any atom is 0.334 e. The predicted molar refractivity (Wildman–Crippen MR) is 51.5 cm³/mol. The third kappa shape index (κ3) is 6.20. The molecule has 0 spiro atoms. The van der Waals surface area contributed by atoms with Crippen LogP contribution in [0.2, 0.25) is 0 Å². The van der Waals surface area contributed by atoms with Crippen LogP contribution in [-0.4, -0.2) is 17.7 Å². The van der Waals surface area contributed by atoms with Gasteiger partial charge in [-0.3, -0.25) is 0 Å². The second kappa shape index (κ2) is 7.65. The van der Waals surface area contributed by atoms with Gasteiger partial charge in [0.15, 0.2) is 0 Å². The van der Waals surface area contributed by atoms with Crippen molar-refractivity contribution >= 4 is 5.97 Å². The Labute approximate surface area is 79.4 Å². The molecule has 0 aromatic heterocycles. The van der Waals surface area contributed by atoms with E-state index in [4.69, 9.17) is 9.84 Å². The molecule has 0 saturated carbocycles. The highest BCUT2D eigenvalue weighted by Gasteiger charge is 2.06. The summed E-state index contributed by atoms with van der Waals surface area (Å²) in [5.41, 5.74) is 0.371. The van der Waals surface area contributed by atoms with Crippen LogP contribution in [0.25, 0.3) is 0 Å². The number of aliphatic carboxylic acids is 1. The summed E-state index contributed by atoms with van der Waals surface area (Å²) in [7, 11) is 0. The second-order valence-corrected chi connectivity index (χ2v) is 2.86. The van der Waals surface area contributed by atoms with Gasteiger partial charge in [-0.15, -0.1) is 0 Å². The Morgan fingerprint density at radius 2 is 2.08 bits per heavy atom. The lowest BCUT2D eigenvalue weighted by Crippen LogP contribution is -2.01. The average Bonchev–Trinajstić information content (AvgIpc) is 2.10. The van der Waals surface area contributed by atoms with Crippen molar-refractivity contribution in [3.8, 4) is 0 Å². The van der Waals surface area contributed by atoms with E-state index in [1.54, 1.807) is 0 Å². The zero-order valence-corrected chi connectivity index (χ0v) is 8.38. The highest BCUT2D eigenvalue weighted by Crippen LogP contribution is 2.09. The largest absolute Gasteiger partial charge is 0.501 e. The molecular weight excluding hydrogens is 168 g/mol. The van der Waals surface area contributed by atoms with E-state index in [2.05, 4.69) is 6.92 Å². The monoisotopic (exact) mass is 186 g/mol. The Bertz CT molecular complexity index is 173.